The summed E-state index contributed by atoms with van der Waals surface area (Å²) in [5.74, 6) is 0.166. The van der Waals surface area contributed by atoms with E-state index in [4.69, 9.17) is 0 Å². The highest BCUT2D eigenvalue weighted by atomic mass is 16.3. The molecule has 30 heavy (non-hydrogen) atoms. The first kappa shape index (κ1) is 17.6. The molecule has 0 radical (unpaired) electrons. The molecule has 2 saturated heterocycles. The normalized spacial score (nSPS) is 23.3. The van der Waals surface area contributed by atoms with E-state index in [1.807, 2.05) is 37.8 Å². The Kier molecular flexibility index (Phi) is 3.89. The van der Waals surface area contributed by atoms with E-state index in [0.29, 0.717) is 29.4 Å². The van der Waals surface area contributed by atoms with Crippen molar-refractivity contribution in [1.29, 1.82) is 0 Å². The first-order chi connectivity index (χ1) is 14.6. The highest BCUT2D eigenvalue weighted by molar-refractivity contribution is 5.79. The smallest absolute Gasteiger partial charge is 0.182 e. The molecule has 3 atom stereocenters. The van der Waals surface area contributed by atoms with Gasteiger partial charge in [0.2, 0.25) is 0 Å². The summed E-state index contributed by atoms with van der Waals surface area (Å²) in [6, 6.07) is 9.11. The summed E-state index contributed by atoms with van der Waals surface area (Å²) in [5.41, 5.74) is 4.75. The molecule has 6 rings (SSSR count). The van der Waals surface area contributed by atoms with Crippen molar-refractivity contribution in [3.05, 3.63) is 43.0 Å². The van der Waals surface area contributed by atoms with E-state index in [2.05, 4.69) is 30.2 Å². The van der Waals surface area contributed by atoms with Crippen LogP contribution in [0.25, 0.3) is 33.5 Å². The van der Waals surface area contributed by atoms with Crippen LogP contribution in [0.2, 0.25) is 0 Å². The Bertz CT molecular complexity index is 1230. The summed E-state index contributed by atoms with van der Waals surface area (Å²) in [6.07, 6.45) is 10.3. The monoisotopic (exact) mass is 401 g/mol. The van der Waals surface area contributed by atoms with Crippen molar-refractivity contribution in [3.63, 3.8) is 0 Å². The van der Waals surface area contributed by atoms with Crippen LogP contribution in [0.3, 0.4) is 0 Å². The van der Waals surface area contributed by atoms with E-state index >= 15 is 0 Å². The van der Waals surface area contributed by atoms with Crippen molar-refractivity contribution in [3.8, 4) is 28.1 Å². The molecule has 1 aromatic carbocycles. The summed E-state index contributed by atoms with van der Waals surface area (Å²) in [7, 11) is 1.87. The molecule has 2 aliphatic rings. The molecule has 0 amide bonds. The Balaban J connectivity index is 1.33. The third-order valence-corrected chi connectivity index (χ3v) is 6.47. The lowest BCUT2D eigenvalue weighted by Crippen LogP contribution is -2.38. The molecule has 0 saturated carbocycles. The molecular weight excluding hydrogens is 378 g/mol. The van der Waals surface area contributed by atoms with Crippen LogP contribution in [0.15, 0.2) is 43.0 Å². The van der Waals surface area contributed by atoms with Crippen molar-refractivity contribution >= 4 is 11.2 Å². The molecule has 152 valence electrons. The Labute approximate surface area is 173 Å². The second kappa shape index (κ2) is 6.63. The van der Waals surface area contributed by atoms with Gasteiger partial charge in [-0.25, -0.2) is 4.98 Å². The number of phenols is 1. The van der Waals surface area contributed by atoms with Crippen molar-refractivity contribution in [2.75, 3.05) is 0 Å². The third kappa shape index (κ3) is 2.87. The highest BCUT2D eigenvalue weighted by Gasteiger charge is 2.34. The third-order valence-electron chi connectivity index (χ3n) is 6.47. The minimum atomic E-state index is 0.166. The summed E-state index contributed by atoms with van der Waals surface area (Å²) in [4.78, 5) is 4.60. The topological polar surface area (TPSA) is 93.7 Å². The summed E-state index contributed by atoms with van der Waals surface area (Å²) >= 11 is 0. The van der Waals surface area contributed by atoms with Gasteiger partial charge >= 0.3 is 0 Å². The Morgan fingerprint density at radius 1 is 1.07 bits per heavy atom. The number of nitrogens with zero attached hydrogens (tertiary/aromatic N) is 6. The minimum Gasteiger partial charge on any atom is -0.507 e. The Morgan fingerprint density at radius 2 is 1.90 bits per heavy atom. The molecule has 4 aromatic rings. The van der Waals surface area contributed by atoms with Gasteiger partial charge in [-0.05, 0) is 49.4 Å². The fraction of sp³-hybridized carbons (Fsp3) is 0.364. The van der Waals surface area contributed by atoms with E-state index in [1.54, 1.807) is 16.9 Å². The molecular formula is C22H23N7O. The van der Waals surface area contributed by atoms with Gasteiger partial charge in [0.15, 0.2) is 5.65 Å². The van der Waals surface area contributed by atoms with E-state index in [0.717, 1.165) is 35.1 Å². The maximum absolute atomic E-state index is 10.6. The van der Waals surface area contributed by atoms with E-state index < -0.39 is 0 Å². The molecule has 2 aliphatic heterocycles. The maximum Gasteiger partial charge on any atom is 0.182 e. The number of imidazole rings is 1. The van der Waals surface area contributed by atoms with Gasteiger partial charge < -0.3 is 15.0 Å². The number of rotatable bonds is 3. The standard InChI is InChI=1S/C22H23N7O/c1-28-11-14(10-24-28)13-2-5-18(21(30)6-13)19-9-20-22(27-26-19)29(12-23-20)17-7-15-3-4-16(8-17)25-15/h2,5-6,9-12,15-17,25,30H,3-4,7-8H2,1H3/t15-,16?,17-/m1/s1. The molecule has 2 N–H and O–H groups in total. The molecule has 0 aliphatic carbocycles. The van der Waals surface area contributed by atoms with Crippen LogP contribution in [0.5, 0.6) is 5.75 Å². The van der Waals surface area contributed by atoms with Crippen molar-refractivity contribution in [1.82, 2.24) is 34.8 Å². The lowest BCUT2D eigenvalue weighted by Gasteiger charge is -2.29. The number of phenolic OH excluding ortho intramolecular Hbond substituents is 1. The number of piperidine rings is 1. The van der Waals surface area contributed by atoms with Gasteiger partial charge in [0.1, 0.15) is 11.3 Å². The second-order valence-corrected chi connectivity index (χ2v) is 8.49. The minimum absolute atomic E-state index is 0.166. The summed E-state index contributed by atoms with van der Waals surface area (Å²) in [5, 5.41) is 27.4. The zero-order valence-corrected chi connectivity index (χ0v) is 16.7. The number of aromatic nitrogens is 6. The van der Waals surface area contributed by atoms with Gasteiger partial charge in [-0.1, -0.05) is 6.07 Å². The predicted octanol–water partition coefficient (Wildman–Crippen LogP) is 3.05. The number of aromatic hydroxyl groups is 1. The quantitative estimate of drug-likeness (QED) is 0.548. The molecule has 1 unspecified atom stereocenters. The zero-order valence-electron chi connectivity index (χ0n) is 16.7. The van der Waals surface area contributed by atoms with Crippen molar-refractivity contribution in [2.45, 2.75) is 43.8 Å². The van der Waals surface area contributed by atoms with Crippen LogP contribution in [0.1, 0.15) is 31.7 Å². The van der Waals surface area contributed by atoms with Gasteiger partial charge in [-0.2, -0.15) is 5.10 Å². The van der Waals surface area contributed by atoms with Crippen LogP contribution < -0.4 is 5.32 Å². The van der Waals surface area contributed by atoms with Gasteiger partial charge in [-0.3, -0.25) is 4.68 Å². The molecule has 8 heteroatoms. The van der Waals surface area contributed by atoms with Crippen molar-refractivity contribution in [2.24, 2.45) is 7.05 Å². The van der Waals surface area contributed by atoms with Crippen LogP contribution >= 0.6 is 0 Å². The van der Waals surface area contributed by atoms with E-state index in [1.165, 1.54) is 12.8 Å². The maximum atomic E-state index is 10.6. The fourth-order valence-electron chi connectivity index (χ4n) is 4.98. The zero-order chi connectivity index (χ0) is 20.2. The van der Waals surface area contributed by atoms with Crippen LogP contribution in [-0.4, -0.2) is 46.7 Å². The number of hydrogen-bond donors (Lipinski definition) is 2. The first-order valence-electron chi connectivity index (χ1n) is 10.4. The predicted molar refractivity (Wildman–Crippen MR) is 113 cm³/mol. The molecule has 8 nitrogen and oxygen atoms in total. The average Bonchev–Trinajstić information content (AvgIpc) is 3.45. The molecule has 3 aromatic heterocycles. The second-order valence-electron chi connectivity index (χ2n) is 8.49. The number of aryl methyl sites for hydroxylation is 1. The molecule has 0 spiro atoms. The van der Waals surface area contributed by atoms with Crippen LogP contribution in [-0.2, 0) is 7.05 Å². The number of benzene rings is 1. The Hall–Kier alpha value is -3.26. The summed E-state index contributed by atoms with van der Waals surface area (Å²) < 4.78 is 3.92. The molecule has 2 fully saturated rings. The van der Waals surface area contributed by atoms with Gasteiger partial charge in [0, 0.05) is 42.5 Å². The number of hydrogen-bond acceptors (Lipinski definition) is 6. The largest absolute Gasteiger partial charge is 0.507 e. The lowest BCUT2D eigenvalue weighted by atomic mass is 10.00. The van der Waals surface area contributed by atoms with E-state index in [-0.39, 0.29) is 5.75 Å². The number of nitrogens with one attached hydrogen (secondary N) is 1. The lowest BCUT2D eigenvalue weighted by molar-refractivity contribution is 0.302. The van der Waals surface area contributed by atoms with E-state index in [9.17, 15) is 5.11 Å². The highest BCUT2D eigenvalue weighted by Crippen LogP contribution is 2.36. The Morgan fingerprint density at radius 3 is 2.63 bits per heavy atom. The van der Waals surface area contributed by atoms with Crippen molar-refractivity contribution < 1.29 is 5.11 Å². The SMILES string of the molecule is Cn1cc(-c2ccc(-c3cc4ncn([C@H]5CC6CC[C@H](C5)N6)c4nn3)c(O)c2)cn1. The van der Waals surface area contributed by atoms with Gasteiger partial charge in [-0.15, -0.1) is 10.2 Å². The average molecular weight is 401 g/mol. The molecule has 2 bridgehead atoms. The van der Waals surface area contributed by atoms with Crippen LogP contribution in [0.4, 0.5) is 0 Å². The van der Waals surface area contributed by atoms with Gasteiger partial charge in [0.05, 0.1) is 18.2 Å². The van der Waals surface area contributed by atoms with Crippen LogP contribution in [0, 0.1) is 0 Å². The summed E-state index contributed by atoms with van der Waals surface area (Å²) in [6.45, 7) is 0. The number of fused-ring (bicyclic) bond motifs is 3. The van der Waals surface area contributed by atoms with Gasteiger partial charge in [0.25, 0.3) is 0 Å². The fourth-order valence-corrected chi connectivity index (χ4v) is 4.98. The molecule has 5 heterocycles. The first-order valence-corrected chi connectivity index (χ1v) is 10.4.